The van der Waals surface area contributed by atoms with Gasteiger partial charge in [-0.25, -0.2) is 0 Å². The second-order valence-electron chi connectivity index (χ2n) is 4.97. The lowest BCUT2D eigenvalue weighted by Gasteiger charge is -2.20. The van der Waals surface area contributed by atoms with Crippen molar-refractivity contribution in [3.63, 3.8) is 0 Å². The number of amides is 1. The molecule has 1 aromatic rings. The number of likely N-dealkylation sites (N-methyl/N-ethyl adjacent to an activating group) is 1. The zero-order chi connectivity index (χ0) is 14.2. The first-order valence-corrected chi connectivity index (χ1v) is 6.65. The van der Waals surface area contributed by atoms with Crippen molar-refractivity contribution in [3.8, 4) is 0 Å². The lowest BCUT2D eigenvalue weighted by atomic mass is 10.2. The maximum atomic E-state index is 11.8. The summed E-state index contributed by atoms with van der Waals surface area (Å²) in [5.41, 5.74) is 7.25. The molecule has 7 heteroatoms. The zero-order valence-electron chi connectivity index (χ0n) is 11.4. The van der Waals surface area contributed by atoms with Crippen LogP contribution < -0.4 is 16.0 Å². The van der Waals surface area contributed by atoms with Crippen molar-refractivity contribution in [1.82, 2.24) is 15.1 Å². The number of aryl methyl sites for hydroxylation is 2. The molecule has 104 valence electrons. The first-order chi connectivity index (χ1) is 8.90. The van der Waals surface area contributed by atoms with Crippen LogP contribution in [0.1, 0.15) is 24.1 Å². The Balaban J connectivity index is 2.15. The quantitative estimate of drug-likeness (QED) is 0.747. The van der Waals surface area contributed by atoms with Crippen molar-refractivity contribution in [2.75, 3.05) is 18.5 Å². The van der Waals surface area contributed by atoms with E-state index in [-0.39, 0.29) is 12.5 Å². The standard InChI is InChI=1S/C12H19N5OS/c1-7-10(11(13)19)12(17(3)15-7)16(2)6-9(18)14-8-4-5-8/h8H,4-6H2,1-3H3,(H2,13,19)(H,14,18). The van der Waals surface area contributed by atoms with Crippen LogP contribution in [0.15, 0.2) is 0 Å². The summed E-state index contributed by atoms with van der Waals surface area (Å²) in [5, 5.41) is 7.26. The number of thiocarbonyl (C=S) groups is 1. The summed E-state index contributed by atoms with van der Waals surface area (Å²) in [4.78, 5) is 14.0. The highest BCUT2D eigenvalue weighted by Crippen LogP contribution is 2.22. The van der Waals surface area contributed by atoms with Gasteiger partial charge in [0, 0.05) is 20.1 Å². The van der Waals surface area contributed by atoms with Gasteiger partial charge in [-0.05, 0) is 19.8 Å². The Morgan fingerprint density at radius 2 is 2.26 bits per heavy atom. The first-order valence-electron chi connectivity index (χ1n) is 6.24. The average molecular weight is 281 g/mol. The summed E-state index contributed by atoms with van der Waals surface area (Å²) < 4.78 is 1.70. The summed E-state index contributed by atoms with van der Waals surface area (Å²) in [6.45, 7) is 2.13. The highest BCUT2D eigenvalue weighted by Gasteiger charge is 2.25. The molecular formula is C12H19N5OS. The monoisotopic (exact) mass is 281 g/mol. The highest BCUT2D eigenvalue weighted by molar-refractivity contribution is 7.80. The molecule has 0 saturated heterocycles. The Morgan fingerprint density at radius 1 is 1.63 bits per heavy atom. The van der Waals surface area contributed by atoms with Crippen LogP contribution in [0.5, 0.6) is 0 Å². The summed E-state index contributed by atoms with van der Waals surface area (Å²) in [7, 11) is 3.66. The van der Waals surface area contributed by atoms with Crippen molar-refractivity contribution in [1.29, 1.82) is 0 Å². The van der Waals surface area contributed by atoms with Crippen molar-refractivity contribution < 1.29 is 4.79 Å². The van der Waals surface area contributed by atoms with Gasteiger partial charge < -0.3 is 16.0 Å². The highest BCUT2D eigenvalue weighted by atomic mass is 32.1. The topological polar surface area (TPSA) is 76.2 Å². The maximum absolute atomic E-state index is 11.8. The van der Waals surface area contributed by atoms with E-state index in [0.717, 1.165) is 29.9 Å². The summed E-state index contributed by atoms with van der Waals surface area (Å²) in [6, 6.07) is 0.365. The first kappa shape index (κ1) is 13.8. The average Bonchev–Trinajstić information content (AvgIpc) is 3.01. The lowest BCUT2D eigenvalue weighted by molar-refractivity contribution is -0.119. The Kier molecular flexibility index (Phi) is 3.75. The molecule has 2 rings (SSSR count). The smallest absolute Gasteiger partial charge is 0.239 e. The lowest BCUT2D eigenvalue weighted by Crippen LogP contribution is -2.37. The molecule has 1 amide bonds. The summed E-state index contributed by atoms with van der Waals surface area (Å²) in [6.07, 6.45) is 2.16. The fourth-order valence-electron chi connectivity index (χ4n) is 2.16. The maximum Gasteiger partial charge on any atom is 0.239 e. The van der Waals surface area contributed by atoms with E-state index in [2.05, 4.69) is 10.4 Å². The minimum absolute atomic E-state index is 0.0118. The van der Waals surface area contributed by atoms with Crippen molar-refractivity contribution in [2.24, 2.45) is 12.8 Å². The minimum atomic E-state index is 0.0118. The van der Waals surface area contributed by atoms with E-state index in [0.29, 0.717) is 11.0 Å². The van der Waals surface area contributed by atoms with Crippen LogP contribution in [-0.2, 0) is 11.8 Å². The third kappa shape index (κ3) is 3.04. The molecule has 0 radical (unpaired) electrons. The molecule has 0 bridgehead atoms. The van der Waals surface area contributed by atoms with Crippen molar-refractivity contribution in [3.05, 3.63) is 11.3 Å². The summed E-state index contributed by atoms with van der Waals surface area (Å²) in [5.74, 6) is 0.786. The number of nitrogens with two attached hydrogens (primary N) is 1. The van der Waals surface area contributed by atoms with E-state index in [1.807, 2.05) is 25.9 Å². The van der Waals surface area contributed by atoms with Crippen molar-refractivity contribution in [2.45, 2.75) is 25.8 Å². The van der Waals surface area contributed by atoms with Crippen LogP contribution in [0.25, 0.3) is 0 Å². The minimum Gasteiger partial charge on any atom is -0.389 e. The van der Waals surface area contributed by atoms with E-state index in [9.17, 15) is 4.79 Å². The van der Waals surface area contributed by atoms with Gasteiger partial charge in [0.05, 0.1) is 17.8 Å². The number of rotatable bonds is 5. The van der Waals surface area contributed by atoms with E-state index in [4.69, 9.17) is 18.0 Å². The van der Waals surface area contributed by atoms with Crippen LogP contribution in [0.4, 0.5) is 5.82 Å². The van der Waals surface area contributed by atoms with Crippen LogP contribution in [0.2, 0.25) is 0 Å². The number of carbonyl (C=O) groups excluding carboxylic acids is 1. The SMILES string of the molecule is Cc1nn(C)c(N(C)CC(=O)NC2CC2)c1C(N)=S. The van der Waals surface area contributed by atoms with Gasteiger partial charge in [0.2, 0.25) is 5.91 Å². The van der Waals surface area contributed by atoms with Crippen LogP contribution in [0, 0.1) is 6.92 Å². The molecule has 0 aromatic carbocycles. The van der Waals surface area contributed by atoms with Gasteiger partial charge in [-0.1, -0.05) is 12.2 Å². The number of nitrogens with one attached hydrogen (secondary N) is 1. The predicted molar refractivity (Wildman–Crippen MR) is 78.3 cm³/mol. The number of carbonyl (C=O) groups is 1. The molecule has 19 heavy (non-hydrogen) atoms. The molecule has 6 nitrogen and oxygen atoms in total. The van der Waals surface area contributed by atoms with E-state index >= 15 is 0 Å². The van der Waals surface area contributed by atoms with Gasteiger partial charge in [-0.15, -0.1) is 0 Å². The molecule has 1 fully saturated rings. The fourth-order valence-corrected chi connectivity index (χ4v) is 2.40. The van der Waals surface area contributed by atoms with Crippen molar-refractivity contribution >= 4 is 28.9 Å². The Bertz CT molecular complexity index is 520. The Morgan fingerprint density at radius 3 is 2.79 bits per heavy atom. The number of nitrogens with zero attached hydrogens (tertiary/aromatic N) is 3. The fraction of sp³-hybridized carbons (Fsp3) is 0.583. The van der Waals surface area contributed by atoms with Gasteiger partial charge in [-0.2, -0.15) is 5.10 Å². The van der Waals surface area contributed by atoms with Crippen LogP contribution >= 0.6 is 12.2 Å². The number of anilines is 1. The summed E-state index contributed by atoms with van der Waals surface area (Å²) >= 11 is 5.06. The number of hydrogen-bond acceptors (Lipinski definition) is 4. The van der Waals surface area contributed by atoms with Crippen LogP contribution in [-0.4, -0.2) is 40.3 Å². The van der Waals surface area contributed by atoms with Gasteiger partial charge in [0.1, 0.15) is 10.8 Å². The molecule has 1 heterocycles. The number of aromatic nitrogens is 2. The molecule has 0 unspecified atom stereocenters. The van der Waals surface area contributed by atoms with E-state index in [1.165, 1.54) is 0 Å². The van der Waals surface area contributed by atoms with E-state index in [1.54, 1.807) is 4.68 Å². The molecule has 1 saturated carbocycles. The molecule has 0 atom stereocenters. The predicted octanol–water partition coefficient (Wildman–Crippen LogP) is 0.0775. The largest absolute Gasteiger partial charge is 0.389 e. The zero-order valence-corrected chi connectivity index (χ0v) is 12.3. The number of hydrogen-bond donors (Lipinski definition) is 2. The normalized spacial score (nSPS) is 14.3. The van der Waals surface area contributed by atoms with Gasteiger partial charge in [0.15, 0.2) is 0 Å². The molecule has 1 aromatic heterocycles. The molecular weight excluding hydrogens is 262 g/mol. The third-order valence-electron chi connectivity index (χ3n) is 3.12. The second-order valence-corrected chi connectivity index (χ2v) is 5.41. The van der Waals surface area contributed by atoms with E-state index < -0.39 is 0 Å². The second kappa shape index (κ2) is 5.16. The molecule has 0 aliphatic heterocycles. The van der Waals surface area contributed by atoms with Crippen LogP contribution in [0.3, 0.4) is 0 Å². The molecule has 3 N–H and O–H groups in total. The Hall–Kier alpha value is -1.63. The molecule has 1 aliphatic carbocycles. The third-order valence-corrected chi connectivity index (χ3v) is 3.33. The molecule has 0 spiro atoms. The van der Waals surface area contributed by atoms with Gasteiger partial charge >= 0.3 is 0 Å². The Labute approximate surface area is 117 Å². The van der Waals surface area contributed by atoms with Gasteiger partial charge in [-0.3, -0.25) is 9.48 Å². The molecule has 1 aliphatic rings. The van der Waals surface area contributed by atoms with Gasteiger partial charge in [0.25, 0.3) is 0 Å².